The average molecular weight is 232 g/mol. The van der Waals surface area contributed by atoms with E-state index in [9.17, 15) is 13.2 Å². The lowest BCUT2D eigenvalue weighted by molar-refractivity contribution is -0.147. The summed E-state index contributed by atoms with van der Waals surface area (Å²) in [7, 11) is 1.45. The van der Waals surface area contributed by atoms with Crippen LogP contribution >= 0.6 is 0 Å². The van der Waals surface area contributed by atoms with E-state index in [1.165, 1.54) is 11.9 Å². The lowest BCUT2D eigenvalue weighted by atomic mass is 10.1. The number of rotatable bonds is 3. The molecule has 1 aromatic rings. The van der Waals surface area contributed by atoms with Crippen molar-refractivity contribution in [3.63, 3.8) is 0 Å². The molecule has 2 N–H and O–H groups in total. The molecule has 0 saturated carbocycles. The molecule has 0 heterocycles. The number of hydrogen-bond acceptors (Lipinski definition) is 2. The van der Waals surface area contributed by atoms with Gasteiger partial charge in [0, 0.05) is 11.7 Å². The van der Waals surface area contributed by atoms with Crippen molar-refractivity contribution < 1.29 is 13.2 Å². The molecule has 1 atom stereocenters. The molecule has 1 aromatic carbocycles. The molecule has 2 nitrogen and oxygen atoms in total. The van der Waals surface area contributed by atoms with E-state index >= 15 is 0 Å². The Bertz CT molecular complexity index is 349. The van der Waals surface area contributed by atoms with Gasteiger partial charge in [-0.3, -0.25) is 4.90 Å². The molecule has 0 amide bonds. The van der Waals surface area contributed by atoms with Crippen molar-refractivity contribution in [1.29, 1.82) is 0 Å². The van der Waals surface area contributed by atoms with Crippen LogP contribution in [0.3, 0.4) is 0 Å². The maximum atomic E-state index is 12.2. The first kappa shape index (κ1) is 12.8. The highest BCUT2D eigenvalue weighted by Crippen LogP contribution is 2.24. The van der Waals surface area contributed by atoms with Gasteiger partial charge in [-0.25, -0.2) is 0 Å². The highest BCUT2D eigenvalue weighted by atomic mass is 19.4. The lowest BCUT2D eigenvalue weighted by Crippen LogP contribution is -2.33. The van der Waals surface area contributed by atoms with E-state index in [1.807, 2.05) is 0 Å². The maximum absolute atomic E-state index is 12.2. The summed E-state index contributed by atoms with van der Waals surface area (Å²) in [4.78, 5) is 1.24. The minimum Gasteiger partial charge on any atom is -0.399 e. The summed E-state index contributed by atoms with van der Waals surface area (Å²) in [6.07, 6.45) is -4.18. The van der Waals surface area contributed by atoms with Crippen LogP contribution in [0.2, 0.25) is 0 Å². The summed E-state index contributed by atoms with van der Waals surface area (Å²) in [5, 5.41) is 0. The Hall–Kier alpha value is -1.23. The Labute approximate surface area is 92.9 Å². The van der Waals surface area contributed by atoms with Crippen molar-refractivity contribution in [2.45, 2.75) is 19.1 Å². The van der Waals surface area contributed by atoms with Crippen LogP contribution in [-0.4, -0.2) is 24.7 Å². The van der Waals surface area contributed by atoms with E-state index in [1.54, 1.807) is 31.2 Å². The van der Waals surface area contributed by atoms with Gasteiger partial charge >= 0.3 is 6.18 Å². The molecule has 0 aliphatic carbocycles. The summed E-state index contributed by atoms with van der Waals surface area (Å²) in [5.41, 5.74) is 6.93. The van der Waals surface area contributed by atoms with E-state index in [2.05, 4.69) is 0 Å². The second kappa shape index (κ2) is 4.74. The Morgan fingerprint density at radius 3 is 2.50 bits per heavy atom. The molecular formula is C11H15F3N2. The number of halogens is 3. The third-order valence-corrected chi connectivity index (χ3v) is 2.48. The summed E-state index contributed by atoms with van der Waals surface area (Å²) < 4.78 is 36.6. The molecule has 5 heteroatoms. The molecule has 0 saturated heterocycles. The van der Waals surface area contributed by atoms with Gasteiger partial charge in [0.2, 0.25) is 0 Å². The van der Waals surface area contributed by atoms with Crippen LogP contribution in [0.4, 0.5) is 18.9 Å². The smallest absolute Gasteiger partial charge is 0.399 e. The average Bonchev–Trinajstić information content (AvgIpc) is 2.14. The molecule has 0 bridgehead atoms. The Morgan fingerprint density at radius 1 is 1.38 bits per heavy atom. The lowest BCUT2D eigenvalue weighted by Gasteiger charge is -2.26. The minimum atomic E-state index is -4.18. The fraction of sp³-hybridized carbons (Fsp3) is 0.455. The fourth-order valence-corrected chi connectivity index (χ4v) is 1.49. The first-order chi connectivity index (χ1) is 7.29. The van der Waals surface area contributed by atoms with Crippen LogP contribution in [0.25, 0.3) is 0 Å². The van der Waals surface area contributed by atoms with Crippen molar-refractivity contribution in [3.05, 3.63) is 29.8 Å². The zero-order valence-electron chi connectivity index (χ0n) is 9.25. The van der Waals surface area contributed by atoms with E-state index < -0.39 is 12.7 Å². The second-order valence-corrected chi connectivity index (χ2v) is 3.88. The van der Waals surface area contributed by atoms with Gasteiger partial charge in [0.25, 0.3) is 0 Å². The van der Waals surface area contributed by atoms with E-state index in [-0.39, 0.29) is 6.04 Å². The number of alkyl halides is 3. The Balaban J connectivity index is 2.74. The van der Waals surface area contributed by atoms with Crippen LogP contribution in [0.5, 0.6) is 0 Å². The zero-order valence-corrected chi connectivity index (χ0v) is 9.25. The van der Waals surface area contributed by atoms with Gasteiger partial charge < -0.3 is 5.73 Å². The van der Waals surface area contributed by atoms with Gasteiger partial charge in [-0.05, 0) is 31.7 Å². The monoisotopic (exact) mass is 232 g/mol. The maximum Gasteiger partial charge on any atom is 0.401 e. The molecule has 1 unspecified atom stereocenters. The molecule has 90 valence electrons. The normalized spacial score (nSPS) is 14.1. The standard InChI is InChI=1S/C11H15F3N2/c1-8(16(2)7-11(12,13)14)9-4-3-5-10(15)6-9/h3-6,8H,7,15H2,1-2H3. The second-order valence-electron chi connectivity index (χ2n) is 3.88. The van der Waals surface area contributed by atoms with E-state index in [0.717, 1.165) is 5.56 Å². The molecule has 0 aromatic heterocycles. The summed E-state index contributed by atoms with van der Waals surface area (Å²) in [6, 6.07) is 6.60. The number of nitrogens with two attached hydrogens (primary N) is 1. The van der Waals surface area contributed by atoms with Crippen LogP contribution in [0.15, 0.2) is 24.3 Å². The molecular weight excluding hydrogens is 217 g/mol. The molecule has 1 rings (SSSR count). The number of hydrogen-bond donors (Lipinski definition) is 1. The topological polar surface area (TPSA) is 29.3 Å². The number of anilines is 1. The fourth-order valence-electron chi connectivity index (χ4n) is 1.49. The number of benzene rings is 1. The van der Waals surface area contributed by atoms with Crippen LogP contribution in [0.1, 0.15) is 18.5 Å². The predicted octanol–water partition coefficient (Wildman–Crippen LogP) is 2.82. The molecule has 0 aliphatic heterocycles. The number of nitrogens with zero attached hydrogens (tertiary/aromatic N) is 1. The van der Waals surface area contributed by atoms with Crippen LogP contribution < -0.4 is 5.73 Å². The van der Waals surface area contributed by atoms with Crippen molar-refractivity contribution in [3.8, 4) is 0 Å². The van der Waals surface area contributed by atoms with Crippen molar-refractivity contribution in [1.82, 2.24) is 4.90 Å². The van der Waals surface area contributed by atoms with Crippen LogP contribution in [0, 0.1) is 0 Å². The number of nitrogen functional groups attached to an aromatic ring is 1. The van der Waals surface area contributed by atoms with E-state index in [0.29, 0.717) is 5.69 Å². The molecule has 0 aliphatic rings. The van der Waals surface area contributed by atoms with Gasteiger partial charge in [-0.1, -0.05) is 12.1 Å². The zero-order chi connectivity index (χ0) is 12.3. The van der Waals surface area contributed by atoms with Gasteiger partial charge in [0.05, 0.1) is 6.54 Å². The summed E-state index contributed by atoms with van der Waals surface area (Å²) >= 11 is 0. The third kappa shape index (κ3) is 3.73. The summed E-state index contributed by atoms with van der Waals surface area (Å²) in [5.74, 6) is 0. The van der Waals surface area contributed by atoms with Gasteiger partial charge in [-0.2, -0.15) is 13.2 Å². The molecule has 0 fully saturated rings. The van der Waals surface area contributed by atoms with Crippen molar-refractivity contribution >= 4 is 5.69 Å². The SMILES string of the molecule is CC(c1cccc(N)c1)N(C)CC(F)(F)F. The highest BCUT2D eigenvalue weighted by Gasteiger charge is 2.31. The third-order valence-electron chi connectivity index (χ3n) is 2.48. The van der Waals surface area contributed by atoms with Crippen molar-refractivity contribution in [2.75, 3.05) is 19.3 Å². The minimum absolute atomic E-state index is 0.315. The highest BCUT2D eigenvalue weighted by molar-refractivity contribution is 5.41. The van der Waals surface area contributed by atoms with Crippen LogP contribution in [-0.2, 0) is 0 Å². The van der Waals surface area contributed by atoms with Gasteiger partial charge in [0.1, 0.15) is 0 Å². The molecule has 0 spiro atoms. The molecule has 0 radical (unpaired) electrons. The van der Waals surface area contributed by atoms with Crippen molar-refractivity contribution in [2.24, 2.45) is 0 Å². The first-order valence-electron chi connectivity index (χ1n) is 4.92. The summed E-state index contributed by atoms with van der Waals surface area (Å²) in [6.45, 7) is 0.795. The Morgan fingerprint density at radius 2 is 2.00 bits per heavy atom. The van der Waals surface area contributed by atoms with Gasteiger partial charge in [-0.15, -0.1) is 0 Å². The molecule has 16 heavy (non-hydrogen) atoms. The van der Waals surface area contributed by atoms with Gasteiger partial charge in [0.15, 0.2) is 0 Å². The predicted molar refractivity (Wildman–Crippen MR) is 58.0 cm³/mol. The Kier molecular flexibility index (Phi) is 3.80. The first-order valence-corrected chi connectivity index (χ1v) is 4.92. The largest absolute Gasteiger partial charge is 0.401 e. The van der Waals surface area contributed by atoms with E-state index in [4.69, 9.17) is 5.73 Å². The quantitative estimate of drug-likeness (QED) is 0.812.